The van der Waals surface area contributed by atoms with Crippen LogP contribution in [0.3, 0.4) is 0 Å². The van der Waals surface area contributed by atoms with E-state index in [9.17, 15) is 0 Å². The average Bonchev–Trinajstić information content (AvgIpc) is 2.37. The second kappa shape index (κ2) is 2.98. The minimum Gasteiger partial charge on any atom is -0.0622 e. The maximum Gasteiger partial charge on any atom is -0.0181 e. The van der Waals surface area contributed by atoms with Crippen LogP contribution in [0.1, 0.15) is 5.56 Å². The lowest BCUT2D eigenvalue weighted by Crippen LogP contribution is -1.67. The van der Waals surface area contributed by atoms with Gasteiger partial charge < -0.3 is 0 Å². The zero-order chi connectivity index (χ0) is 8.39. The fraction of sp³-hybridized carbons (Fsp3) is 0.0833. The van der Waals surface area contributed by atoms with Gasteiger partial charge in [-0.25, -0.2) is 0 Å². The van der Waals surface area contributed by atoms with Crippen molar-refractivity contribution >= 4 is 0 Å². The normalized spacial score (nSPS) is 10.4. The summed E-state index contributed by atoms with van der Waals surface area (Å²) in [7, 11) is 0. The van der Waals surface area contributed by atoms with Crippen molar-refractivity contribution in [2.24, 2.45) is 0 Å². The first kappa shape index (κ1) is 7.35. The zero-order valence-corrected chi connectivity index (χ0v) is 6.96. The molecule has 2 rings (SSSR count). The first-order valence-corrected chi connectivity index (χ1v) is 4.17. The molecule has 1 radical (unpaired) electrons. The molecule has 2 aliphatic carbocycles. The lowest BCUT2D eigenvalue weighted by atomic mass is 10.2. The zero-order valence-electron chi connectivity index (χ0n) is 6.96. The first-order chi connectivity index (χ1) is 5.90. The maximum atomic E-state index is 3.87. The summed E-state index contributed by atoms with van der Waals surface area (Å²) in [6, 6.07) is 14.8. The van der Waals surface area contributed by atoms with Crippen molar-refractivity contribution in [3.63, 3.8) is 0 Å². The van der Waals surface area contributed by atoms with E-state index in [4.69, 9.17) is 0 Å². The van der Waals surface area contributed by atoms with Gasteiger partial charge in [-0.05, 0) is 30.0 Å². The highest BCUT2D eigenvalue weighted by Gasteiger charge is 2.01. The van der Waals surface area contributed by atoms with Crippen LogP contribution in [-0.4, -0.2) is 0 Å². The van der Waals surface area contributed by atoms with Gasteiger partial charge in [0.2, 0.25) is 0 Å². The Morgan fingerprint density at radius 2 is 1.50 bits per heavy atom. The van der Waals surface area contributed by atoms with E-state index < -0.39 is 0 Å². The van der Waals surface area contributed by atoms with Crippen LogP contribution in [0, 0.1) is 6.92 Å². The van der Waals surface area contributed by atoms with Crippen molar-refractivity contribution in [1.82, 2.24) is 0 Å². The number of fused-ring (bicyclic) bond motifs is 1. The molecule has 0 aromatic carbocycles. The molecule has 0 saturated carbocycles. The second-order valence-corrected chi connectivity index (χ2v) is 2.93. The Morgan fingerprint density at radius 3 is 2.00 bits per heavy atom. The quantitative estimate of drug-likeness (QED) is 0.593. The molecule has 0 amide bonds. The van der Waals surface area contributed by atoms with E-state index in [0.717, 1.165) is 6.42 Å². The predicted molar refractivity (Wildman–Crippen MR) is 52.1 cm³/mol. The highest BCUT2D eigenvalue weighted by molar-refractivity contribution is 5.67. The first-order valence-electron chi connectivity index (χ1n) is 4.17. The van der Waals surface area contributed by atoms with Gasteiger partial charge in [0.05, 0.1) is 0 Å². The van der Waals surface area contributed by atoms with E-state index in [-0.39, 0.29) is 0 Å². The highest BCUT2D eigenvalue weighted by Crippen LogP contribution is 2.24. The van der Waals surface area contributed by atoms with Crippen LogP contribution < -0.4 is 0 Å². The molecule has 0 aliphatic heterocycles. The Balaban J connectivity index is 2.61. The van der Waals surface area contributed by atoms with Gasteiger partial charge in [0.25, 0.3) is 0 Å². The molecule has 0 atom stereocenters. The van der Waals surface area contributed by atoms with Crippen molar-refractivity contribution in [1.29, 1.82) is 0 Å². The maximum absolute atomic E-state index is 3.87. The molecule has 12 heavy (non-hydrogen) atoms. The highest BCUT2D eigenvalue weighted by atomic mass is 14.1. The number of hydrogen-bond donors (Lipinski definition) is 0. The third-order valence-corrected chi connectivity index (χ3v) is 2.08. The van der Waals surface area contributed by atoms with Crippen LogP contribution in [0.2, 0.25) is 0 Å². The van der Waals surface area contributed by atoms with Gasteiger partial charge in [-0.15, -0.1) is 0 Å². The Hall–Kier alpha value is -1.30. The standard InChI is InChI=1S/C12H11/c1-2-10-8-11-6-4-3-5-7-12(11)9-10/h3-9H,1-2H2. The lowest BCUT2D eigenvalue weighted by Gasteiger charge is -1.85. The number of rotatable bonds is 1. The topological polar surface area (TPSA) is 0 Å². The molecular weight excluding hydrogens is 144 g/mol. The largest absolute Gasteiger partial charge is 0.0622 e. The van der Waals surface area contributed by atoms with Crippen molar-refractivity contribution in [2.45, 2.75) is 6.42 Å². The molecule has 59 valence electrons. The van der Waals surface area contributed by atoms with Crippen molar-refractivity contribution in [3.8, 4) is 11.1 Å². The Bertz CT molecular complexity index is 319. The van der Waals surface area contributed by atoms with E-state index in [1.54, 1.807) is 0 Å². The SMILES string of the molecule is [CH2]Cc1cc2cccccc-2c1. The molecule has 0 saturated heterocycles. The second-order valence-electron chi connectivity index (χ2n) is 2.93. The minimum absolute atomic E-state index is 0.873. The molecule has 0 heterocycles. The van der Waals surface area contributed by atoms with E-state index >= 15 is 0 Å². The molecule has 0 spiro atoms. The molecule has 0 aromatic heterocycles. The molecule has 0 nitrogen and oxygen atoms in total. The smallest absolute Gasteiger partial charge is 0.0181 e. The summed E-state index contributed by atoms with van der Waals surface area (Å²) in [5.41, 5.74) is 3.92. The fourth-order valence-electron chi connectivity index (χ4n) is 1.42. The van der Waals surface area contributed by atoms with Gasteiger partial charge in [-0.2, -0.15) is 0 Å². The molecule has 0 N–H and O–H groups in total. The van der Waals surface area contributed by atoms with E-state index in [1.165, 1.54) is 16.7 Å². The Kier molecular flexibility index (Phi) is 1.83. The van der Waals surface area contributed by atoms with E-state index in [0.29, 0.717) is 0 Å². The average molecular weight is 155 g/mol. The number of hydrogen-bond acceptors (Lipinski definition) is 0. The molecule has 0 fully saturated rings. The molecule has 0 heteroatoms. The van der Waals surface area contributed by atoms with Gasteiger partial charge in [0, 0.05) is 0 Å². The summed E-state index contributed by atoms with van der Waals surface area (Å²) in [6.07, 6.45) is 0.873. The van der Waals surface area contributed by atoms with Crippen molar-refractivity contribution in [3.05, 3.63) is 55.0 Å². The summed E-state index contributed by atoms with van der Waals surface area (Å²) in [5, 5.41) is 0. The molecule has 0 bridgehead atoms. The van der Waals surface area contributed by atoms with Gasteiger partial charge in [-0.1, -0.05) is 42.5 Å². The molecule has 0 unspecified atom stereocenters. The van der Waals surface area contributed by atoms with Crippen LogP contribution >= 0.6 is 0 Å². The fourth-order valence-corrected chi connectivity index (χ4v) is 1.42. The van der Waals surface area contributed by atoms with Gasteiger partial charge in [-0.3, -0.25) is 0 Å². The molecular formula is C12H11. The summed E-state index contributed by atoms with van der Waals surface area (Å²) in [6.45, 7) is 3.87. The van der Waals surface area contributed by atoms with Gasteiger partial charge in [0.1, 0.15) is 0 Å². The molecule has 0 aromatic rings. The predicted octanol–water partition coefficient (Wildman–Crippen LogP) is 3.17. The summed E-state index contributed by atoms with van der Waals surface area (Å²) >= 11 is 0. The van der Waals surface area contributed by atoms with Crippen LogP contribution in [0.25, 0.3) is 11.1 Å². The molecule has 2 aliphatic rings. The van der Waals surface area contributed by atoms with E-state index in [2.05, 4.69) is 43.3 Å². The van der Waals surface area contributed by atoms with Crippen LogP contribution in [0.15, 0.2) is 42.5 Å². The third kappa shape index (κ3) is 1.20. The summed E-state index contributed by atoms with van der Waals surface area (Å²) in [5.74, 6) is 0. The monoisotopic (exact) mass is 155 g/mol. The van der Waals surface area contributed by atoms with Crippen LogP contribution in [0.4, 0.5) is 0 Å². The Labute approximate surface area is 73.2 Å². The Morgan fingerprint density at radius 1 is 0.917 bits per heavy atom. The van der Waals surface area contributed by atoms with Gasteiger partial charge >= 0.3 is 0 Å². The van der Waals surface area contributed by atoms with Gasteiger partial charge in [0.15, 0.2) is 0 Å². The van der Waals surface area contributed by atoms with Crippen molar-refractivity contribution in [2.75, 3.05) is 0 Å². The minimum atomic E-state index is 0.873. The van der Waals surface area contributed by atoms with Crippen LogP contribution in [0.5, 0.6) is 0 Å². The summed E-state index contributed by atoms with van der Waals surface area (Å²) in [4.78, 5) is 0. The third-order valence-electron chi connectivity index (χ3n) is 2.08. The van der Waals surface area contributed by atoms with E-state index in [1.807, 2.05) is 6.07 Å². The van der Waals surface area contributed by atoms with Crippen molar-refractivity contribution < 1.29 is 0 Å². The lowest BCUT2D eigenvalue weighted by molar-refractivity contribution is 1.30. The summed E-state index contributed by atoms with van der Waals surface area (Å²) < 4.78 is 0. The van der Waals surface area contributed by atoms with Crippen LogP contribution in [-0.2, 0) is 6.42 Å².